The summed E-state index contributed by atoms with van der Waals surface area (Å²) in [6.45, 7) is 3.22. The number of sulfone groups is 1. The van der Waals surface area contributed by atoms with Gasteiger partial charge in [0.15, 0.2) is 15.7 Å². The van der Waals surface area contributed by atoms with Crippen molar-refractivity contribution in [2.24, 2.45) is 5.92 Å². The normalized spacial score (nSPS) is 15.1. The van der Waals surface area contributed by atoms with Crippen molar-refractivity contribution in [2.45, 2.75) is 37.1 Å². The summed E-state index contributed by atoms with van der Waals surface area (Å²) < 4.78 is 24.3. The number of nitrogens with zero attached hydrogens (tertiary/aromatic N) is 2. The largest absolute Gasteiger partial charge is 0.355 e. The second-order valence-corrected chi connectivity index (χ2v) is 12.1. The predicted octanol–water partition coefficient (Wildman–Crippen LogP) is 4.87. The zero-order chi connectivity index (χ0) is 27.3. The minimum absolute atomic E-state index is 0.0155. The first-order valence-electron chi connectivity index (χ1n) is 12.5. The van der Waals surface area contributed by atoms with E-state index in [0.717, 1.165) is 24.7 Å². The van der Waals surface area contributed by atoms with Gasteiger partial charge in [-0.2, -0.15) is 0 Å². The van der Waals surface area contributed by atoms with E-state index in [0.29, 0.717) is 41.6 Å². The van der Waals surface area contributed by atoms with Crippen LogP contribution in [0.4, 0.5) is 11.5 Å². The predicted molar refractivity (Wildman–Crippen MR) is 149 cm³/mol. The van der Waals surface area contributed by atoms with Crippen molar-refractivity contribution in [3.05, 3.63) is 83.0 Å². The van der Waals surface area contributed by atoms with Crippen LogP contribution in [0.2, 0.25) is 5.02 Å². The number of aromatic nitrogens is 1. The molecule has 8 nitrogen and oxygen atoms in total. The van der Waals surface area contributed by atoms with E-state index in [1.54, 1.807) is 24.3 Å². The molecule has 2 aromatic carbocycles. The van der Waals surface area contributed by atoms with Crippen LogP contribution in [-0.2, 0) is 14.6 Å². The standard InChI is InChI=1S/C28H31ClN4O4S/c1-19(21-7-4-3-5-8-21)31-26(34)15-20-11-13-33(14-12-20)27-25(17-24(18-30-27)38(2,36)37)32-28(35)22-9-6-10-23(29)16-22/h3-10,16-20H,11-15H2,1-2H3,(H,31,34)(H,32,35)/t19-/m1/s1. The Morgan fingerprint density at radius 3 is 2.45 bits per heavy atom. The SMILES string of the molecule is C[C@@H](NC(=O)CC1CCN(c2ncc(S(C)(=O)=O)cc2NC(=O)c2cccc(Cl)c2)CC1)c1ccccc1. The van der Waals surface area contributed by atoms with E-state index >= 15 is 0 Å². The molecule has 10 heteroatoms. The Labute approximate surface area is 228 Å². The van der Waals surface area contributed by atoms with Gasteiger partial charge in [0.1, 0.15) is 0 Å². The zero-order valence-corrected chi connectivity index (χ0v) is 22.9. The maximum atomic E-state index is 12.9. The van der Waals surface area contributed by atoms with Crippen LogP contribution >= 0.6 is 11.6 Å². The highest BCUT2D eigenvalue weighted by Gasteiger charge is 2.26. The van der Waals surface area contributed by atoms with E-state index in [2.05, 4.69) is 15.6 Å². The van der Waals surface area contributed by atoms with Crippen molar-refractivity contribution in [1.82, 2.24) is 10.3 Å². The van der Waals surface area contributed by atoms with E-state index in [9.17, 15) is 18.0 Å². The smallest absolute Gasteiger partial charge is 0.255 e. The molecule has 1 aromatic heterocycles. The maximum absolute atomic E-state index is 12.9. The Morgan fingerprint density at radius 2 is 1.79 bits per heavy atom. The number of halogens is 1. The van der Waals surface area contributed by atoms with Crippen LogP contribution in [0.3, 0.4) is 0 Å². The summed E-state index contributed by atoms with van der Waals surface area (Å²) in [4.78, 5) is 32.0. The number of nitrogens with one attached hydrogen (secondary N) is 2. The number of rotatable bonds is 8. The highest BCUT2D eigenvalue weighted by atomic mass is 35.5. The number of carbonyl (C=O) groups excluding carboxylic acids is 2. The third-order valence-electron chi connectivity index (χ3n) is 6.67. The van der Waals surface area contributed by atoms with Gasteiger partial charge in [0.05, 0.1) is 16.6 Å². The Balaban J connectivity index is 1.43. The first-order chi connectivity index (χ1) is 18.1. The molecule has 2 amide bonds. The Bertz CT molecular complexity index is 1410. The number of amides is 2. The number of piperidine rings is 1. The van der Waals surface area contributed by atoms with Crippen molar-refractivity contribution >= 4 is 44.8 Å². The lowest BCUT2D eigenvalue weighted by atomic mass is 9.93. The number of benzene rings is 2. The minimum atomic E-state index is -3.53. The van der Waals surface area contributed by atoms with Crippen LogP contribution in [-0.4, -0.2) is 44.6 Å². The first kappa shape index (κ1) is 27.6. The van der Waals surface area contributed by atoms with Gasteiger partial charge in [0, 0.05) is 42.5 Å². The Hall–Kier alpha value is -3.43. The molecule has 0 spiro atoms. The topological polar surface area (TPSA) is 108 Å². The van der Waals surface area contributed by atoms with E-state index in [4.69, 9.17) is 11.6 Å². The lowest BCUT2D eigenvalue weighted by molar-refractivity contribution is -0.122. The van der Waals surface area contributed by atoms with Gasteiger partial charge in [-0.05, 0) is 55.5 Å². The molecule has 1 fully saturated rings. The molecule has 0 radical (unpaired) electrons. The second-order valence-electron chi connectivity index (χ2n) is 9.61. The molecule has 38 heavy (non-hydrogen) atoms. The van der Waals surface area contributed by atoms with Crippen LogP contribution < -0.4 is 15.5 Å². The Kier molecular flexibility index (Phi) is 8.69. The minimum Gasteiger partial charge on any atom is -0.355 e. The third-order valence-corrected chi connectivity index (χ3v) is 7.98. The summed E-state index contributed by atoms with van der Waals surface area (Å²) in [7, 11) is -3.53. The third kappa shape index (κ3) is 7.11. The van der Waals surface area contributed by atoms with Gasteiger partial charge in [0.25, 0.3) is 5.91 Å². The summed E-state index contributed by atoms with van der Waals surface area (Å²) in [5.74, 6) is 0.313. The lowest BCUT2D eigenvalue weighted by Gasteiger charge is -2.34. The summed E-state index contributed by atoms with van der Waals surface area (Å²) in [5.41, 5.74) is 1.72. The molecule has 200 valence electrons. The molecular formula is C28H31ClN4O4S. The number of anilines is 2. The molecule has 1 aliphatic rings. The molecule has 0 unspecified atom stereocenters. The number of pyridine rings is 1. The summed E-state index contributed by atoms with van der Waals surface area (Å²) in [5, 5.41) is 6.31. The van der Waals surface area contributed by atoms with E-state index in [1.165, 1.54) is 12.3 Å². The van der Waals surface area contributed by atoms with Crippen LogP contribution in [0.15, 0.2) is 71.8 Å². The molecule has 1 aliphatic heterocycles. The van der Waals surface area contributed by atoms with Crippen LogP contribution in [0.5, 0.6) is 0 Å². The van der Waals surface area contributed by atoms with Crippen molar-refractivity contribution in [3.8, 4) is 0 Å². The zero-order valence-electron chi connectivity index (χ0n) is 21.4. The van der Waals surface area contributed by atoms with Gasteiger partial charge in [-0.25, -0.2) is 13.4 Å². The summed E-state index contributed by atoms with van der Waals surface area (Å²) in [6.07, 6.45) is 4.38. The van der Waals surface area contributed by atoms with Crippen molar-refractivity contribution < 1.29 is 18.0 Å². The monoisotopic (exact) mass is 554 g/mol. The molecule has 0 aliphatic carbocycles. The molecule has 2 heterocycles. The number of hydrogen-bond donors (Lipinski definition) is 2. The maximum Gasteiger partial charge on any atom is 0.255 e. The van der Waals surface area contributed by atoms with Crippen molar-refractivity contribution in [3.63, 3.8) is 0 Å². The first-order valence-corrected chi connectivity index (χ1v) is 14.7. The molecule has 2 N–H and O–H groups in total. The molecule has 3 aromatic rings. The van der Waals surface area contributed by atoms with Gasteiger partial charge in [-0.3, -0.25) is 9.59 Å². The van der Waals surface area contributed by atoms with Gasteiger partial charge in [-0.1, -0.05) is 48.0 Å². The fraction of sp³-hybridized carbons (Fsp3) is 0.321. The fourth-order valence-corrected chi connectivity index (χ4v) is 5.31. The van der Waals surface area contributed by atoms with Crippen molar-refractivity contribution in [1.29, 1.82) is 0 Å². The van der Waals surface area contributed by atoms with E-state index < -0.39 is 15.7 Å². The molecular weight excluding hydrogens is 524 g/mol. The van der Waals surface area contributed by atoms with E-state index in [-0.39, 0.29) is 22.8 Å². The molecule has 4 rings (SSSR count). The second kappa shape index (κ2) is 12.0. The molecule has 1 atom stereocenters. The molecule has 1 saturated heterocycles. The number of hydrogen-bond acceptors (Lipinski definition) is 6. The highest BCUT2D eigenvalue weighted by Crippen LogP contribution is 2.31. The quantitative estimate of drug-likeness (QED) is 0.411. The average Bonchev–Trinajstić information content (AvgIpc) is 2.89. The summed E-state index contributed by atoms with van der Waals surface area (Å²) >= 11 is 6.03. The van der Waals surface area contributed by atoms with Crippen LogP contribution in [0.25, 0.3) is 0 Å². The molecule has 0 bridgehead atoms. The van der Waals surface area contributed by atoms with Gasteiger partial charge in [0.2, 0.25) is 5.91 Å². The van der Waals surface area contributed by atoms with Crippen molar-refractivity contribution in [2.75, 3.05) is 29.6 Å². The molecule has 0 saturated carbocycles. The summed E-state index contributed by atoms with van der Waals surface area (Å²) in [6, 6.07) is 17.7. The van der Waals surface area contributed by atoms with E-state index in [1.807, 2.05) is 42.2 Å². The van der Waals surface area contributed by atoms with Gasteiger partial charge in [-0.15, -0.1) is 0 Å². The fourth-order valence-electron chi connectivity index (χ4n) is 4.55. The van der Waals surface area contributed by atoms with Crippen LogP contribution in [0, 0.1) is 5.92 Å². The highest BCUT2D eigenvalue weighted by molar-refractivity contribution is 7.90. The Morgan fingerprint density at radius 1 is 1.08 bits per heavy atom. The van der Waals surface area contributed by atoms with Gasteiger partial charge < -0.3 is 15.5 Å². The van der Waals surface area contributed by atoms with Crippen LogP contribution in [0.1, 0.15) is 48.1 Å². The number of carbonyl (C=O) groups is 2. The lowest BCUT2D eigenvalue weighted by Crippen LogP contribution is -2.37. The average molecular weight is 555 g/mol. The van der Waals surface area contributed by atoms with Gasteiger partial charge >= 0.3 is 0 Å².